The summed E-state index contributed by atoms with van der Waals surface area (Å²) in [6.45, 7) is 1.64. The minimum absolute atomic E-state index is 0.134. The highest BCUT2D eigenvalue weighted by Gasteiger charge is 2.21. The molecule has 0 aliphatic carbocycles. The van der Waals surface area contributed by atoms with Gasteiger partial charge in [-0.25, -0.2) is 12.8 Å². The number of nitrogens with zero attached hydrogens (tertiary/aromatic N) is 1. The molecular weight excluding hydrogens is 349 g/mol. The zero-order chi connectivity index (χ0) is 14.9. The number of benzene rings is 1. The van der Waals surface area contributed by atoms with Gasteiger partial charge in [0.05, 0.1) is 11.4 Å². The Kier molecular flexibility index (Phi) is 3.96. The van der Waals surface area contributed by atoms with Gasteiger partial charge in [0, 0.05) is 16.4 Å². The largest absolute Gasteiger partial charge is 0.398 e. The summed E-state index contributed by atoms with van der Waals surface area (Å²) in [6.07, 6.45) is 1.53. The molecule has 20 heavy (non-hydrogen) atoms. The molecule has 1 aromatic carbocycles. The van der Waals surface area contributed by atoms with E-state index in [2.05, 4.69) is 25.6 Å². The molecule has 0 unspecified atom stereocenters. The first-order valence-corrected chi connectivity index (χ1v) is 7.78. The van der Waals surface area contributed by atoms with E-state index in [-0.39, 0.29) is 11.4 Å². The summed E-state index contributed by atoms with van der Waals surface area (Å²) in [6, 6.07) is 5.20. The first-order chi connectivity index (χ1) is 9.31. The summed E-state index contributed by atoms with van der Waals surface area (Å²) in [5, 5.41) is 0. The van der Waals surface area contributed by atoms with Crippen LogP contribution < -0.4 is 10.5 Å². The van der Waals surface area contributed by atoms with Gasteiger partial charge in [0.1, 0.15) is 10.7 Å². The van der Waals surface area contributed by atoms with Gasteiger partial charge >= 0.3 is 0 Å². The minimum atomic E-state index is -4.07. The van der Waals surface area contributed by atoms with Crippen LogP contribution in [0.5, 0.6) is 0 Å². The Morgan fingerprint density at radius 2 is 2.10 bits per heavy atom. The third kappa shape index (κ3) is 2.91. The van der Waals surface area contributed by atoms with Gasteiger partial charge < -0.3 is 5.73 Å². The quantitative estimate of drug-likeness (QED) is 0.825. The Labute approximate surface area is 124 Å². The average Bonchev–Trinajstić information content (AvgIpc) is 2.36. The van der Waals surface area contributed by atoms with Gasteiger partial charge in [0.25, 0.3) is 10.0 Å². The van der Waals surface area contributed by atoms with Crippen molar-refractivity contribution in [2.45, 2.75) is 11.8 Å². The van der Waals surface area contributed by atoms with Crippen LogP contribution in [0.4, 0.5) is 15.8 Å². The number of sulfonamides is 1. The number of aryl methyl sites for hydroxylation is 1. The molecule has 0 atom stereocenters. The average molecular weight is 360 g/mol. The minimum Gasteiger partial charge on any atom is -0.398 e. The molecule has 3 N–H and O–H groups in total. The standard InChI is InChI=1S/C12H11BrFN3O2S/c1-7-11(3-2-4-16-7)17-20(18,19)12-6-10(15)8(13)5-9(12)14/h2-6,17H,15H2,1H3. The molecule has 0 aliphatic rings. The molecule has 106 valence electrons. The molecule has 0 amide bonds. The molecule has 2 rings (SSSR count). The van der Waals surface area contributed by atoms with Crippen LogP contribution >= 0.6 is 15.9 Å². The Morgan fingerprint density at radius 3 is 2.75 bits per heavy atom. The van der Waals surface area contributed by atoms with Gasteiger partial charge in [-0.1, -0.05) is 0 Å². The van der Waals surface area contributed by atoms with Crippen molar-refractivity contribution < 1.29 is 12.8 Å². The highest BCUT2D eigenvalue weighted by Crippen LogP contribution is 2.27. The van der Waals surface area contributed by atoms with Gasteiger partial charge in [-0.15, -0.1) is 0 Å². The second kappa shape index (κ2) is 5.37. The van der Waals surface area contributed by atoms with E-state index in [4.69, 9.17) is 5.73 Å². The summed E-state index contributed by atoms with van der Waals surface area (Å²) in [5.74, 6) is -0.889. The van der Waals surface area contributed by atoms with E-state index in [1.54, 1.807) is 19.1 Å². The normalized spacial score (nSPS) is 11.3. The van der Waals surface area contributed by atoms with Crippen molar-refractivity contribution >= 4 is 37.3 Å². The maximum Gasteiger partial charge on any atom is 0.264 e. The first-order valence-electron chi connectivity index (χ1n) is 5.50. The molecule has 0 spiro atoms. The number of halogens is 2. The lowest BCUT2D eigenvalue weighted by Crippen LogP contribution is -2.16. The van der Waals surface area contributed by atoms with E-state index < -0.39 is 20.7 Å². The molecule has 0 saturated carbocycles. The van der Waals surface area contributed by atoms with Crippen molar-refractivity contribution in [1.29, 1.82) is 0 Å². The van der Waals surface area contributed by atoms with Crippen LogP contribution in [-0.4, -0.2) is 13.4 Å². The van der Waals surface area contributed by atoms with E-state index in [1.165, 1.54) is 6.20 Å². The highest BCUT2D eigenvalue weighted by molar-refractivity contribution is 9.10. The van der Waals surface area contributed by atoms with Crippen molar-refractivity contribution in [1.82, 2.24) is 4.98 Å². The third-order valence-corrected chi connectivity index (χ3v) is 4.66. The zero-order valence-electron chi connectivity index (χ0n) is 10.4. The van der Waals surface area contributed by atoms with Gasteiger partial charge in [-0.05, 0) is 47.1 Å². The number of nitrogens with one attached hydrogen (secondary N) is 1. The van der Waals surface area contributed by atoms with Crippen LogP contribution in [0.25, 0.3) is 0 Å². The van der Waals surface area contributed by atoms with Gasteiger partial charge in [0.15, 0.2) is 0 Å². The number of nitrogens with two attached hydrogens (primary N) is 1. The highest BCUT2D eigenvalue weighted by atomic mass is 79.9. The number of hydrogen-bond acceptors (Lipinski definition) is 4. The fourth-order valence-corrected chi connectivity index (χ4v) is 3.07. The van der Waals surface area contributed by atoms with Crippen molar-refractivity contribution in [3.8, 4) is 0 Å². The van der Waals surface area contributed by atoms with E-state index in [0.717, 1.165) is 12.1 Å². The monoisotopic (exact) mass is 359 g/mol. The van der Waals surface area contributed by atoms with Crippen LogP contribution in [0.2, 0.25) is 0 Å². The smallest absolute Gasteiger partial charge is 0.264 e. The van der Waals surface area contributed by atoms with Crippen LogP contribution in [0, 0.1) is 12.7 Å². The molecule has 0 radical (unpaired) electrons. The summed E-state index contributed by atoms with van der Waals surface area (Å²) < 4.78 is 40.8. The molecular formula is C12H11BrFN3O2S. The number of pyridine rings is 1. The van der Waals surface area contributed by atoms with E-state index in [1.807, 2.05) is 0 Å². The zero-order valence-corrected chi connectivity index (χ0v) is 12.8. The maximum atomic E-state index is 13.8. The summed E-state index contributed by atoms with van der Waals surface area (Å²) >= 11 is 3.04. The molecule has 1 heterocycles. The van der Waals surface area contributed by atoms with Crippen molar-refractivity contribution in [3.05, 3.63) is 46.4 Å². The van der Waals surface area contributed by atoms with Crippen LogP contribution in [0.1, 0.15) is 5.69 Å². The van der Waals surface area contributed by atoms with E-state index in [9.17, 15) is 12.8 Å². The second-order valence-electron chi connectivity index (χ2n) is 4.05. The second-order valence-corrected chi connectivity index (χ2v) is 6.55. The van der Waals surface area contributed by atoms with Gasteiger partial charge in [-0.3, -0.25) is 9.71 Å². The van der Waals surface area contributed by atoms with Crippen LogP contribution in [0.3, 0.4) is 0 Å². The fraction of sp³-hybridized carbons (Fsp3) is 0.0833. The summed E-state index contributed by atoms with van der Waals surface area (Å²) in [4.78, 5) is 3.45. The number of anilines is 2. The topological polar surface area (TPSA) is 85.1 Å². The predicted octanol–water partition coefficient (Wildman–Crippen LogP) is 2.67. The van der Waals surface area contributed by atoms with Crippen molar-refractivity contribution in [2.24, 2.45) is 0 Å². The lowest BCUT2D eigenvalue weighted by molar-refractivity contribution is 0.570. The SMILES string of the molecule is Cc1ncccc1NS(=O)(=O)c1cc(N)c(Br)cc1F. The molecule has 5 nitrogen and oxygen atoms in total. The molecule has 0 saturated heterocycles. The van der Waals surface area contributed by atoms with Gasteiger partial charge in [0.2, 0.25) is 0 Å². The molecule has 0 fully saturated rings. The van der Waals surface area contributed by atoms with Gasteiger partial charge in [-0.2, -0.15) is 0 Å². The Bertz CT molecular complexity index is 765. The number of hydrogen-bond donors (Lipinski definition) is 2. The van der Waals surface area contributed by atoms with E-state index >= 15 is 0 Å². The van der Waals surface area contributed by atoms with E-state index in [0.29, 0.717) is 10.2 Å². The summed E-state index contributed by atoms with van der Waals surface area (Å²) in [7, 11) is -4.07. The van der Waals surface area contributed by atoms with Crippen LogP contribution in [0.15, 0.2) is 39.8 Å². The Hall–Kier alpha value is -1.67. The van der Waals surface area contributed by atoms with Crippen LogP contribution in [-0.2, 0) is 10.0 Å². The molecule has 1 aromatic heterocycles. The molecule has 0 bridgehead atoms. The Balaban J connectivity index is 2.47. The first kappa shape index (κ1) is 14.7. The predicted molar refractivity (Wildman–Crippen MR) is 78.3 cm³/mol. The number of rotatable bonds is 3. The third-order valence-electron chi connectivity index (χ3n) is 2.59. The Morgan fingerprint density at radius 1 is 1.40 bits per heavy atom. The molecule has 0 aliphatic heterocycles. The lowest BCUT2D eigenvalue weighted by atomic mass is 10.3. The summed E-state index contributed by atoms with van der Waals surface area (Å²) in [5.41, 5.74) is 6.50. The maximum absolute atomic E-state index is 13.8. The molecule has 8 heteroatoms. The lowest BCUT2D eigenvalue weighted by Gasteiger charge is -2.11. The fourth-order valence-electron chi connectivity index (χ4n) is 1.54. The van der Waals surface area contributed by atoms with Crippen molar-refractivity contribution in [2.75, 3.05) is 10.5 Å². The van der Waals surface area contributed by atoms with Crippen molar-refractivity contribution in [3.63, 3.8) is 0 Å². The molecule has 2 aromatic rings. The number of nitrogen functional groups attached to an aromatic ring is 1. The number of aromatic nitrogens is 1.